The molecule has 1 N–H and O–H groups in total. The summed E-state index contributed by atoms with van der Waals surface area (Å²) in [6, 6.07) is 2.01. The third kappa shape index (κ3) is 3.74. The maximum Gasteiger partial charge on any atom is 0.149 e. The Bertz CT molecular complexity index is 179. The third-order valence-electron chi connectivity index (χ3n) is 1.68. The number of ketones is 1. The number of nitriles is 1. The van der Waals surface area contributed by atoms with Gasteiger partial charge in [0.15, 0.2) is 0 Å². The van der Waals surface area contributed by atoms with Crippen LogP contribution in [0.25, 0.3) is 0 Å². The molecule has 0 aromatic heterocycles. The van der Waals surface area contributed by atoms with E-state index in [0.717, 1.165) is 0 Å². The number of Topliss-reactive ketones (excluding diaryl/α,β-unsaturated/α-hetero) is 1. The van der Waals surface area contributed by atoms with E-state index in [0.29, 0.717) is 13.0 Å². The van der Waals surface area contributed by atoms with Crippen molar-refractivity contribution in [1.82, 2.24) is 5.32 Å². The number of carbonyl (C=O) groups is 1. The second-order valence-electron chi connectivity index (χ2n) is 3.02. The van der Waals surface area contributed by atoms with Gasteiger partial charge in [-0.1, -0.05) is 0 Å². The molecule has 0 rings (SSSR count). The molecule has 0 aromatic carbocycles. The Morgan fingerprint density at radius 1 is 1.64 bits per heavy atom. The Balaban J connectivity index is 3.75. The van der Waals surface area contributed by atoms with Crippen molar-refractivity contribution in [2.24, 2.45) is 0 Å². The van der Waals surface area contributed by atoms with Gasteiger partial charge < -0.3 is 5.32 Å². The largest absolute Gasteiger partial charge is 0.304 e. The quantitative estimate of drug-likeness (QED) is 0.611. The molecule has 0 unspecified atom stereocenters. The van der Waals surface area contributed by atoms with Gasteiger partial charge in [-0.15, -0.1) is 0 Å². The highest BCUT2D eigenvalue weighted by atomic mass is 16.1. The molecule has 0 bridgehead atoms. The van der Waals surface area contributed by atoms with Crippen molar-refractivity contribution in [3.63, 3.8) is 0 Å². The Morgan fingerprint density at radius 3 is 2.55 bits per heavy atom. The van der Waals surface area contributed by atoms with E-state index in [9.17, 15) is 4.79 Å². The van der Waals surface area contributed by atoms with Crippen LogP contribution in [0.3, 0.4) is 0 Å². The lowest BCUT2D eigenvalue weighted by molar-refractivity contribution is -0.122. The predicted octanol–water partition coefficient (Wildman–Crippen LogP) is 0.857. The van der Waals surface area contributed by atoms with Crippen molar-refractivity contribution in [3.8, 4) is 6.07 Å². The number of carbonyl (C=O) groups excluding carboxylic acids is 1. The van der Waals surface area contributed by atoms with Gasteiger partial charge in [0.25, 0.3) is 0 Å². The van der Waals surface area contributed by atoms with E-state index in [1.807, 2.05) is 19.9 Å². The molecule has 0 aliphatic rings. The summed E-state index contributed by atoms with van der Waals surface area (Å²) in [6.07, 6.45) is 0.441. The SMILES string of the molecule is CC(=O)C(C)(C)NCCC#N. The first-order chi connectivity index (χ1) is 5.00. The monoisotopic (exact) mass is 154 g/mol. The molecule has 11 heavy (non-hydrogen) atoms. The first-order valence-corrected chi connectivity index (χ1v) is 3.63. The molecule has 0 aliphatic heterocycles. The topological polar surface area (TPSA) is 52.9 Å². The first kappa shape index (κ1) is 10.1. The second-order valence-corrected chi connectivity index (χ2v) is 3.02. The van der Waals surface area contributed by atoms with Crippen molar-refractivity contribution in [1.29, 1.82) is 5.26 Å². The standard InChI is InChI=1S/C8H14N2O/c1-7(11)8(2,3)10-6-4-5-9/h10H,4,6H2,1-3H3. The fourth-order valence-electron chi connectivity index (χ4n) is 0.555. The molecule has 0 amide bonds. The highest BCUT2D eigenvalue weighted by Gasteiger charge is 2.21. The number of rotatable bonds is 4. The summed E-state index contributed by atoms with van der Waals surface area (Å²) in [6.45, 7) is 5.74. The van der Waals surface area contributed by atoms with Crippen LogP contribution in [0.4, 0.5) is 0 Å². The van der Waals surface area contributed by atoms with E-state index in [2.05, 4.69) is 5.32 Å². The fourth-order valence-corrected chi connectivity index (χ4v) is 0.555. The molecule has 0 fully saturated rings. The van der Waals surface area contributed by atoms with Crippen LogP contribution in [0.5, 0.6) is 0 Å². The summed E-state index contributed by atoms with van der Waals surface area (Å²) in [4.78, 5) is 10.9. The summed E-state index contributed by atoms with van der Waals surface area (Å²) in [5.74, 6) is 0.0930. The number of nitrogens with one attached hydrogen (secondary N) is 1. The van der Waals surface area contributed by atoms with Crippen LogP contribution in [0.15, 0.2) is 0 Å². The summed E-state index contributed by atoms with van der Waals surface area (Å²) in [7, 11) is 0. The number of nitrogens with zero attached hydrogens (tertiary/aromatic N) is 1. The van der Waals surface area contributed by atoms with Gasteiger partial charge in [0.2, 0.25) is 0 Å². The summed E-state index contributed by atoms with van der Waals surface area (Å²) in [5, 5.41) is 11.2. The molecule has 0 heterocycles. The van der Waals surface area contributed by atoms with Gasteiger partial charge in [0, 0.05) is 13.0 Å². The van der Waals surface area contributed by atoms with E-state index in [-0.39, 0.29) is 5.78 Å². The smallest absolute Gasteiger partial charge is 0.149 e. The van der Waals surface area contributed by atoms with Gasteiger partial charge in [-0.2, -0.15) is 5.26 Å². The van der Waals surface area contributed by atoms with Crippen LogP contribution in [0, 0.1) is 11.3 Å². The average Bonchev–Trinajstić information content (AvgIpc) is 1.88. The van der Waals surface area contributed by atoms with Crippen molar-refractivity contribution < 1.29 is 4.79 Å². The zero-order chi connectivity index (χ0) is 8.91. The van der Waals surface area contributed by atoms with Crippen LogP contribution in [0.1, 0.15) is 27.2 Å². The first-order valence-electron chi connectivity index (χ1n) is 3.63. The van der Waals surface area contributed by atoms with Gasteiger partial charge in [-0.25, -0.2) is 0 Å². The molecule has 0 atom stereocenters. The van der Waals surface area contributed by atoms with Crippen LogP contribution >= 0.6 is 0 Å². The molecule has 0 aliphatic carbocycles. The maximum absolute atomic E-state index is 10.9. The summed E-state index contributed by atoms with van der Waals surface area (Å²) >= 11 is 0. The van der Waals surface area contributed by atoms with E-state index < -0.39 is 5.54 Å². The Morgan fingerprint density at radius 2 is 2.18 bits per heavy atom. The fraction of sp³-hybridized carbons (Fsp3) is 0.750. The highest BCUT2D eigenvalue weighted by Crippen LogP contribution is 2.02. The van der Waals surface area contributed by atoms with Crippen LogP contribution in [-0.2, 0) is 4.79 Å². The van der Waals surface area contributed by atoms with Gasteiger partial charge in [0.1, 0.15) is 5.78 Å². The van der Waals surface area contributed by atoms with E-state index in [1.165, 1.54) is 0 Å². The molecule has 0 radical (unpaired) electrons. The predicted molar refractivity (Wildman–Crippen MR) is 43.0 cm³/mol. The van der Waals surface area contributed by atoms with Crippen LogP contribution < -0.4 is 5.32 Å². The van der Waals surface area contributed by atoms with Crippen molar-refractivity contribution in [3.05, 3.63) is 0 Å². The zero-order valence-corrected chi connectivity index (χ0v) is 7.27. The van der Waals surface area contributed by atoms with Gasteiger partial charge in [-0.05, 0) is 20.8 Å². The van der Waals surface area contributed by atoms with Crippen molar-refractivity contribution in [2.75, 3.05) is 6.54 Å². The molecule has 0 spiro atoms. The van der Waals surface area contributed by atoms with Crippen molar-refractivity contribution in [2.45, 2.75) is 32.7 Å². The van der Waals surface area contributed by atoms with Crippen LogP contribution in [0.2, 0.25) is 0 Å². The number of hydrogen-bond acceptors (Lipinski definition) is 3. The molecule has 0 saturated carbocycles. The molecular formula is C8H14N2O. The highest BCUT2D eigenvalue weighted by molar-refractivity contribution is 5.85. The third-order valence-corrected chi connectivity index (χ3v) is 1.68. The minimum Gasteiger partial charge on any atom is -0.304 e. The molecule has 62 valence electrons. The van der Waals surface area contributed by atoms with Crippen LogP contribution in [-0.4, -0.2) is 17.9 Å². The number of hydrogen-bond donors (Lipinski definition) is 1. The lowest BCUT2D eigenvalue weighted by Crippen LogP contribution is -2.45. The van der Waals surface area contributed by atoms with E-state index in [1.54, 1.807) is 6.92 Å². The minimum atomic E-state index is -0.489. The lowest BCUT2D eigenvalue weighted by Gasteiger charge is -2.21. The van der Waals surface area contributed by atoms with Gasteiger partial charge in [-0.3, -0.25) is 4.79 Å². The second kappa shape index (κ2) is 4.09. The summed E-state index contributed by atoms with van der Waals surface area (Å²) < 4.78 is 0. The molecule has 0 saturated heterocycles. The molecule has 3 nitrogen and oxygen atoms in total. The maximum atomic E-state index is 10.9. The molecular weight excluding hydrogens is 140 g/mol. The van der Waals surface area contributed by atoms with E-state index in [4.69, 9.17) is 5.26 Å². The Hall–Kier alpha value is -0.880. The Labute approximate surface area is 67.4 Å². The molecule has 3 heteroatoms. The molecule has 0 aromatic rings. The lowest BCUT2D eigenvalue weighted by atomic mass is 10.0. The summed E-state index contributed by atoms with van der Waals surface area (Å²) in [5.41, 5.74) is -0.489. The average molecular weight is 154 g/mol. The Kier molecular flexibility index (Phi) is 3.77. The van der Waals surface area contributed by atoms with Gasteiger partial charge >= 0.3 is 0 Å². The van der Waals surface area contributed by atoms with E-state index >= 15 is 0 Å². The van der Waals surface area contributed by atoms with Crippen molar-refractivity contribution >= 4 is 5.78 Å². The minimum absolute atomic E-state index is 0.0930. The van der Waals surface area contributed by atoms with Gasteiger partial charge in [0.05, 0.1) is 11.6 Å². The normalized spacial score (nSPS) is 10.7. The zero-order valence-electron chi connectivity index (χ0n) is 7.27.